The Morgan fingerprint density at radius 1 is 1.30 bits per heavy atom. The highest BCUT2D eigenvalue weighted by Crippen LogP contribution is 2.58. The summed E-state index contributed by atoms with van der Waals surface area (Å²) in [6.07, 6.45) is 3.33. The summed E-state index contributed by atoms with van der Waals surface area (Å²) in [5.74, 6) is 2.28. The van der Waals surface area contributed by atoms with Gasteiger partial charge in [0, 0.05) is 25.6 Å². The van der Waals surface area contributed by atoms with E-state index in [9.17, 15) is 4.79 Å². The van der Waals surface area contributed by atoms with Crippen LogP contribution in [0.1, 0.15) is 36.8 Å². The first kappa shape index (κ1) is 22.5. The Morgan fingerprint density at radius 2 is 2.00 bits per heavy atom. The maximum absolute atomic E-state index is 12.7. The number of ether oxygens (including phenoxy) is 1. The van der Waals surface area contributed by atoms with E-state index in [0.717, 1.165) is 70.2 Å². The van der Waals surface area contributed by atoms with E-state index in [4.69, 9.17) is 9.15 Å². The van der Waals surface area contributed by atoms with E-state index >= 15 is 0 Å². The molecule has 6 nitrogen and oxygen atoms in total. The predicted octanol–water partition coefficient (Wildman–Crippen LogP) is 2.31. The van der Waals surface area contributed by atoms with E-state index in [2.05, 4.69) is 15.5 Å². The van der Waals surface area contributed by atoms with Crippen LogP contribution in [-0.4, -0.2) is 56.7 Å². The van der Waals surface area contributed by atoms with Gasteiger partial charge in [-0.3, -0.25) is 9.69 Å². The molecule has 154 valence electrons. The molecule has 1 aromatic heterocycles. The van der Waals surface area contributed by atoms with Crippen LogP contribution in [0.4, 0.5) is 0 Å². The number of carbonyl (C=O) groups excluding carboxylic acids is 1. The van der Waals surface area contributed by atoms with Gasteiger partial charge in [-0.2, -0.15) is 0 Å². The zero-order chi connectivity index (χ0) is 17.3. The highest BCUT2D eigenvalue weighted by Gasteiger charge is 2.57. The summed E-state index contributed by atoms with van der Waals surface area (Å²) >= 11 is 0. The van der Waals surface area contributed by atoms with Gasteiger partial charge in [0.1, 0.15) is 11.5 Å². The van der Waals surface area contributed by atoms with Crippen molar-refractivity contribution in [2.45, 2.75) is 32.2 Å². The van der Waals surface area contributed by atoms with E-state index < -0.39 is 0 Å². The van der Waals surface area contributed by atoms with Crippen LogP contribution in [0, 0.1) is 18.3 Å². The molecule has 2 saturated heterocycles. The summed E-state index contributed by atoms with van der Waals surface area (Å²) in [6, 6.07) is 4.12. The summed E-state index contributed by atoms with van der Waals surface area (Å²) in [5.41, 5.74) is 0.283. The maximum atomic E-state index is 12.7. The quantitative estimate of drug-likeness (QED) is 0.766. The number of furan rings is 1. The Labute approximate surface area is 173 Å². The minimum absolute atomic E-state index is 0. The Hall–Kier alpha value is -0.790. The lowest BCUT2D eigenvalue weighted by molar-refractivity contribution is -0.123. The van der Waals surface area contributed by atoms with Crippen LogP contribution in [0.15, 0.2) is 16.5 Å². The van der Waals surface area contributed by atoms with Crippen LogP contribution in [0.2, 0.25) is 0 Å². The van der Waals surface area contributed by atoms with Crippen molar-refractivity contribution in [1.82, 2.24) is 15.5 Å². The number of nitrogens with zero attached hydrogens (tertiary/aromatic N) is 1. The molecule has 3 heterocycles. The van der Waals surface area contributed by atoms with Crippen LogP contribution in [0.5, 0.6) is 0 Å². The van der Waals surface area contributed by atoms with Crippen molar-refractivity contribution >= 4 is 30.7 Å². The SMILES string of the molecule is Cc1ccc(C(CNC(=O)C2CC23CCNCC3)N2CCOCC2)o1.Cl.Cl. The minimum atomic E-state index is 0. The number of nitrogens with one attached hydrogen (secondary N) is 2. The number of hydrogen-bond acceptors (Lipinski definition) is 5. The third-order valence-corrected chi connectivity index (χ3v) is 6.15. The number of hydrogen-bond donors (Lipinski definition) is 2. The average molecular weight is 420 g/mol. The molecular weight excluding hydrogens is 389 g/mol. The van der Waals surface area contributed by atoms with Crippen molar-refractivity contribution < 1.29 is 13.9 Å². The summed E-state index contributed by atoms with van der Waals surface area (Å²) in [6.45, 7) is 7.89. The minimum Gasteiger partial charge on any atom is -0.465 e. The Balaban J connectivity index is 0.00000131. The highest BCUT2D eigenvalue weighted by molar-refractivity contribution is 5.85. The lowest BCUT2D eigenvalue weighted by atomic mass is 9.92. The molecule has 4 rings (SSSR count). The van der Waals surface area contributed by atoms with Gasteiger partial charge in [-0.05, 0) is 56.8 Å². The molecule has 8 heteroatoms. The first-order valence-electron chi connectivity index (χ1n) is 9.54. The largest absolute Gasteiger partial charge is 0.465 e. The first-order valence-corrected chi connectivity index (χ1v) is 9.54. The van der Waals surface area contributed by atoms with Crippen LogP contribution >= 0.6 is 24.8 Å². The van der Waals surface area contributed by atoms with Gasteiger partial charge < -0.3 is 19.8 Å². The average Bonchev–Trinajstić information content (AvgIpc) is 3.15. The molecule has 1 spiro atoms. The van der Waals surface area contributed by atoms with Gasteiger partial charge in [-0.15, -0.1) is 24.8 Å². The molecule has 2 aliphatic heterocycles. The van der Waals surface area contributed by atoms with Gasteiger partial charge in [-0.25, -0.2) is 0 Å². The second-order valence-electron chi connectivity index (χ2n) is 7.73. The standard InChI is InChI=1S/C19H29N3O3.2ClH/c1-14-2-3-17(25-14)16(22-8-10-24-11-9-22)13-21-18(23)15-12-19(15)4-6-20-7-5-19;;/h2-3,15-16,20H,4-13H2,1H3,(H,21,23);2*1H. The first-order chi connectivity index (χ1) is 12.2. The van der Waals surface area contributed by atoms with Crippen molar-refractivity contribution in [2.24, 2.45) is 11.3 Å². The van der Waals surface area contributed by atoms with Gasteiger partial charge in [0.25, 0.3) is 0 Å². The second kappa shape index (κ2) is 9.61. The summed E-state index contributed by atoms with van der Waals surface area (Å²) in [5, 5.41) is 6.61. The lowest BCUT2D eigenvalue weighted by Crippen LogP contribution is -2.44. The molecule has 1 aliphatic carbocycles. The second-order valence-corrected chi connectivity index (χ2v) is 7.73. The fraction of sp³-hybridized carbons (Fsp3) is 0.737. The molecule has 2 atom stereocenters. The van der Waals surface area contributed by atoms with E-state index in [0.29, 0.717) is 6.54 Å². The molecule has 1 aromatic rings. The van der Waals surface area contributed by atoms with Crippen LogP contribution in [-0.2, 0) is 9.53 Å². The normalized spacial score (nSPS) is 25.1. The molecule has 2 unspecified atom stereocenters. The van der Waals surface area contributed by atoms with Gasteiger partial charge in [0.15, 0.2) is 0 Å². The van der Waals surface area contributed by atoms with Crippen molar-refractivity contribution in [3.63, 3.8) is 0 Å². The number of morpholine rings is 1. The third kappa shape index (κ3) is 4.98. The summed E-state index contributed by atoms with van der Waals surface area (Å²) in [7, 11) is 0. The van der Waals surface area contributed by atoms with Crippen molar-refractivity contribution in [3.05, 3.63) is 23.7 Å². The number of rotatable bonds is 5. The van der Waals surface area contributed by atoms with Crippen LogP contribution in [0.3, 0.4) is 0 Å². The maximum Gasteiger partial charge on any atom is 0.223 e. The molecule has 2 N–H and O–H groups in total. The number of amides is 1. The molecular formula is C19H31Cl2N3O3. The molecule has 1 saturated carbocycles. The molecule has 1 amide bonds. The molecule has 3 aliphatic rings. The lowest BCUT2D eigenvalue weighted by Gasteiger charge is -2.33. The number of halogens is 2. The third-order valence-electron chi connectivity index (χ3n) is 6.15. The topological polar surface area (TPSA) is 66.7 Å². The van der Waals surface area contributed by atoms with Crippen molar-refractivity contribution in [2.75, 3.05) is 45.9 Å². The molecule has 0 aromatic carbocycles. The Kier molecular flexibility index (Phi) is 8.01. The van der Waals surface area contributed by atoms with Gasteiger partial charge in [0.05, 0.1) is 19.3 Å². The fourth-order valence-corrected chi connectivity index (χ4v) is 4.45. The Bertz CT molecular complexity index is 613. The molecule has 0 bridgehead atoms. The van der Waals surface area contributed by atoms with Gasteiger partial charge in [0.2, 0.25) is 5.91 Å². The van der Waals surface area contributed by atoms with Gasteiger partial charge >= 0.3 is 0 Å². The van der Waals surface area contributed by atoms with Crippen molar-refractivity contribution in [1.29, 1.82) is 0 Å². The number of aryl methyl sites for hydroxylation is 1. The van der Waals surface area contributed by atoms with Gasteiger partial charge in [-0.1, -0.05) is 0 Å². The van der Waals surface area contributed by atoms with E-state index in [1.165, 1.54) is 0 Å². The molecule has 0 radical (unpaired) electrons. The van der Waals surface area contributed by atoms with Crippen LogP contribution in [0.25, 0.3) is 0 Å². The summed E-state index contributed by atoms with van der Waals surface area (Å²) in [4.78, 5) is 15.1. The molecule has 27 heavy (non-hydrogen) atoms. The fourth-order valence-electron chi connectivity index (χ4n) is 4.45. The van der Waals surface area contributed by atoms with E-state index in [1.807, 2.05) is 19.1 Å². The van der Waals surface area contributed by atoms with Crippen LogP contribution < -0.4 is 10.6 Å². The zero-order valence-corrected chi connectivity index (χ0v) is 17.5. The predicted molar refractivity (Wildman–Crippen MR) is 109 cm³/mol. The van der Waals surface area contributed by atoms with E-state index in [-0.39, 0.29) is 48.1 Å². The molecule has 3 fully saturated rings. The number of piperidine rings is 1. The number of carbonyl (C=O) groups is 1. The highest BCUT2D eigenvalue weighted by atomic mass is 35.5. The monoisotopic (exact) mass is 419 g/mol. The Morgan fingerprint density at radius 3 is 2.63 bits per heavy atom. The summed E-state index contributed by atoms with van der Waals surface area (Å²) < 4.78 is 11.3. The zero-order valence-electron chi connectivity index (χ0n) is 15.9. The van der Waals surface area contributed by atoms with Crippen molar-refractivity contribution in [3.8, 4) is 0 Å². The smallest absolute Gasteiger partial charge is 0.223 e. The van der Waals surface area contributed by atoms with E-state index in [1.54, 1.807) is 0 Å².